The van der Waals surface area contributed by atoms with Crippen LogP contribution in [0.15, 0.2) is 42.6 Å². The number of nitrogens with one attached hydrogen (secondary N) is 1. The summed E-state index contributed by atoms with van der Waals surface area (Å²) in [5.74, 6) is 0.904. The molecule has 0 fully saturated rings. The van der Waals surface area contributed by atoms with Crippen LogP contribution in [0.3, 0.4) is 0 Å². The number of methoxy groups -OCH3 is 1. The number of nitrogens with zero attached hydrogens (tertiary/aromatic N) is 1. The number of rotatable bonds is 6. The fourth-order valence-electron chi connectivity index (χ4n) is 2.25. The number of pyridine rings is 1. The molecule has 1 heterocycles. The second kappa shape index (κ2) is 7.06. The molecule has 3 nitrogen and oxygen atoms in total. The van der Waals surface area contributed by atoms with Crippen LogP contribution in [0.5, 0.6) is 5.75 Å². The topological polar surface area (TPSA) is 34.2 Å². The molecule has 0 aliphatic carbocycles. The molecule has 1 aromatic carbocycles. The van der Waals surface area contributed by atoms with Gasteiger partial charge in [-0.2, -0.15) is 0 Å². The van der Waals surface area contributed by atoms with Gasteiger partial charge in [0.1, 0.15) is 5.75 Å². The molecule has 0 bridgehead atoms. The molecule has 0 saturated heterocycles. The zero-order valence-corrected chi connectivity index (χ0v) is 12.4. The Hall–Kier alpha value is -1.87. The molecule has 0 aliphatic heterocycles. The van der Waals surface area contributed by atoms with Crippen LogP contribution in [0.25, 0.3) is 0 Å². The molecular formula is C17H22N2O. The molecule has 2 rings (SSSR count). The lowest BCUT2D eigenvalue weighted by atomic mass is 9.98. The molecule has 1 aromatic heterocycles. The summed E-state index contributed by atoms with van der Waals surface area (Å²) < 4.78 is 5.49. The van der Waals surface area contributed by atoms with Crippen molar-refractivity contribution in [2.75, 3.05) is 13.7 Å². The Morgan fingerprint density at radius 2 is 2.00 bits per heavy atom. The lowest BCUT2D eigenvalue weighted by molar-refractivity contribution is 0.404. The minimum Gasteiger partial charge on any atom is -0.496 e. The number of para-hydroxylation sites is 1. The van der Waals surface area contributed by atoms with E-state index in [1.54, 1.807) is 7.11 Å². The van der Waals surface area contributed by atoms with Crippen LogP contribution in [0.1, 0.15) is 36.2 Å². The average Bonchev–Trinajstić information content (AvgIpc) is 2.50. The van der Waals surface area contributed by atoms with E-state index in [0.29, 0.717) is 0 Å². The van der Waals surface area contributed by atoms with E-state index in [1.807, 2.05) is 37.4 Å². The molecule has 0 amide bonds. The Bertz CT molecular complexity index is 537. The second-order valence-electron chi connectivity index (χ2n) is 4.86. The van der Waals surface area contributed by atoms with Gasteiger partial charge in [-0.15, -0.1) is 0 Å². The largest absolute Gasteiger partial charge is 0.496 e. The van der Waals surface area contributed by atoms with E-state index >= 15 is 0 Å². The smallest absolute Gasteiger partial charge is 0.123 e. The van der Waals surface area contributed by atoms with Crippen LogP contribution in [0.4, 0.5) is 0 Å². The highest BCUT2D eigenvalue weighted by molar-refractivity contribution is 5.41. The normalized spacial score (nSPS) is 12.2. The van der Waals surface area contributed by atoms with Crippen molar-refractivity contribution in [3.63, 3.8) is 0 Å². The summed E-state index contributed by atoms with van der Waals surface area (Å²) in [5, 5.41) is 3.58. The molecule has 2 aromatic rings. The number of aromatic nitrogens is 1. The number of hydrogen-bond donors (Lipinski definition) is 1. The fourth-order valence-corrected chi connectivity index (χ4v) is 2.25. The summed E-state index contributed by atoms with van der Waals surface area (Å²) in [6, 6.07) is 12.4. The van der Waals surface area contributed by atoms with E-state index in [4.69, 9.17) is 4.74 Å². The van der Waals surface area contributed by atoms with Gasteiger partial charge in [-0.1, -0.05) is 31.2 Å². The highest BCUT2D eigenvalue weighted by Gasteiger charge is 2.17. The standard InChI is InChI=1S/C17H22N2O/c1-4-11-18-17(14-10-9-13(2)19-12-14)15-7-5-6-8-16(15)20-3/h5-10,12,17-18H,4,11H2,1-3H3. The van der Waals surface area contributed by atoms with Crippen molar-refractivity contribution < 1.29 is 4.74 Å². The Morgan fingerprint density at radius 3 is 2.65 bits per heavy atom. The molecule has 0 spiro atoms. The van der Waals surface area contributed by atoms with Crippen LogP contribution < -0.4 is 10.1 Å². The molecular weight excluding hydrogens is 248 g/mol. The minimum atomic E-state index is 0.110. The van der Waals surface area contributed by atoms with E-state index in [-0.39, 0.29) is 6.04 Å². The molecule has 1 unspecified atom stereocenters. The molecule has 0 saturated carbocycles. The van der Waals surface area contributed by atoms with Gasteiger partial charge < -0.3 is 10.1 Å². The van der Waals surface area contributed by atoms with Gasteiger partial charge in [0.25, 0.3) is 0 Å². The first-order valence-electron chi connectivity index (χ1n) is 7.05. The molecule has 1 atom stereocenters. The zero-order chi connectivity index (χ0) is 14.4. The number of aryl methyl sites for hydroxylation is 1. The van der Waals surface area contributed by atoms with Crippen molar-refractivity contribution in [2.45, 2.75) is 26.3 Å². The third kappa shape index (κ3) is 3.36. The van der Waals surface area contributed by atoms with Gasteiger partial charge in [0.05, 0.1) is 13.2 Å². The first-order chi connectivity index (χ1) is 9.76. The van der Waals surface area contributed by atoms with Gasteiger partial charge in [-0.05, 0) is 37.6 Å². The summed E-state index contributed by atoms with van der Waals surface area (Å²) in [7, 11) is 1.71. The SMILES string of the molecule is CCCNC(c1ccc(C)nc1)c1ccccc1OC. The molecule has 0 aliphatic rings. The maximum atomic E-state index is 5.49. The summed E-state index contributed by atoms with van der Waals surface area (Å²) in [4.78, 5) is 4.41. The van der Waals surface area contributed by atoms with Gasteiger partial charge in [0, 0.05) is 17.5 Å². The van der Waals surface area contributed by atoms with Crippen molar-refractivity contribution in [3.05, 3.63) is 59.4 Å². The van der Waals surface area contributed by atoms with Crippen molar-refractivity contribution in [2.24, 2.45) is 0 Å². The Morgan fingerprint density at radius 1 is 1.20 bits per heavy atom. The third-order valence-corrected chi connectivity index (χ3v) is 3.32. The van der Waals surface area contributed by atoms with Crippen LogP contribution in [0, 0.1) is 6.92 Å². The quantitative estimate of drug-likeness (QED) is 0.872. The summed E-state index contributed by atoms with van der Waals surface area (Å²) in [6.07, 6.45) is 3.03. The Labute approximate surface area is 121 Å². The first kappa shape index (κ1) is 14.5. The van der Waals surface area contributed by atoms with Crippen LogP contribution >= 0.6 is 0 Å². The Kier molecular flexibility index (Phi) is 5.13. The maximum absolute atomic E-state index is 5.49. The molecule has 1 N–H and O–H groups in total. The number of benzene rings is 1. The monoisotopic (exact) mass is 270 g/mol. The van der Waals surface area contributed by atoms with Crippen molar-refractivity contribution >= 4 is 0 Å². The van der Waals surface area contributed by atoms with Crippen molar-refractivity contribution in [1.82, 2.24) is 10.3 Å². The highest BCUT2D eigenvalue weighted by Crippen LogP contribution is 2.29. The zero-order valence-electron chi connectivity index (χ0n) is 12.4. The fraction of sp³-hybridized carbons (Fsp3) is 0.353. The predicted molar refractivity (Wildman–Crippen MR) is 82.1 cm³/mol. The van der Waals surface area contributed by atoms with Crippen LogP contribution in [0.2, 0.25) is 0 Å². The molecule has 20 heavy (non-hydrogen) atoms. The summed E-state index contributed by atoms with van der Waals surface area (Å²) >= 11 is 0. The average molecular weight is 270 g/mol. The van der Waals surface area contributed by atoms with Gasteiger partial charge in [0.15, 0.2) is 0 Å². The van der Waals surface area contributed by atoms with Gasteiger partial charge in [0.2, 0.25) is 0 Å². The molecule has 3 heteroatoms. The minimum absolute atomic E-state index is 0.110. The van der Waals surface area contributed by atoms with E-state index < -0.39 is 0 Å². The summed E-state index contributed by atoms with van der Waals surface area (Å²) in [5.41, 5.74) is 3.34. The van der Waals surface area contributed by atoms with Gasteiger partial charge >= 0.3 is 0 Å². The number of hydrogen-bond acceptors (Lipinski definition) is 3. The lowest BCUT2D eigenvalue weighted by Crippen LogP contribution is -2.23. The second-order valence-corrected chi connectivity index (χ2v) is 4.86. The lowest BCUT2D eigenvalue weighted by Gasteiger charge is -2.21. The van der Waals surface area contributed by atoms with E-state index in [0.717, 1.165) is 35.5 Å². The van der Waals surface area contributed by atoms with E-state index in [1.165, 1.54) is 0 Å². The van der Waals surface area contributed by atoms with Crippen molar-refractivity contribution in [3.8, 4) is 5.75 Å². The van der Waals surface area contributed by atoms with Crippen molar-refractivity contribution in [1.29, 1.82) is 0 Å². The summed E-state index contributed by atoms with van der Waals surface area (Å²) in [6.45, 7) is 5.12. The maximum Gasteiger partial charge on any atom is 0.123 e. The first-order valence-corrected chi connectivity index (χ1v) is 7.05. The molecule has 106 valence electrons. The van der Waals surface area contributed by atoms with Gasteiger partial charge in [-0.25, -0.2) is 0 Å². The number of ether oxygens (including phenoxy) is 1. The van der Waals surface area contributed by atoms with Crippen LogP contribution in [-0.4, -0.2) is 18.6 Å². The third-order valence-electron chi connectivity index (χ3n) is 3.32. The van der Waals surface area contributed by atoms with Gasteiger partial charge in [-0.3, -0.25) is 4.98 Å². The predicted octanol–water partition coefficient (Wildman–Crippen LogP) is 3.49. The van der Waals surface area contributed by atoms with E-state index in [9.17, 15) is 0 Å². The van der Waals surface area contributed by atoms with Crippen LogP contribution in [-0.2, 0) is 0 Å². The van der Waals surface area contributed by atoms with E-state index in [2.05, 4.69) is 29.4 Å². The molecule has 0 radical (unpaired) electrons. The highest BCUT2D eigenvalue weighted by atomic mass is 16.5. The Balaban J connectivity index is 2.38.